The van der Waals surface area contributed by atoms with E-state index in [9.17, 15) is 4.79 Å². The Morgan fingerprint density at radius 2 is 2.08 bits per heavy atom. The number of carbonyl (C=O) groups excluding carboxylic acids is 1. The fraction of sp³-hybridized carbons (Fsp3) is 0.389. The SMILES string of the molecule is Cc1cc(NC(=O)CSc2nc3ccccc3n2CC(C)C)n(C)n1. The summed E-state index contributed by atoms with van der Waals surface area (Å²) in [7, 11) is 1.82. The third-order valence-corrected chi connectivity index (χ3v) is 4.75. The molecule has 0 spiro atoms. The number of nitrogens with zero attached hydrogens (tertiary/aromatic N) is 4. The van der Waals surface area contributed by atoms with Crippen molar-refractivity contribution in [1.29, 1.82) is 0 Å². The van der Waals surface area contributed by atoms with Gasteiger partial charge in [0.15, 0.2) is 5.16 Å². The Balaban J connectivity index is 1.74. The van der Waals surface area contributed by atoms with Crippen LogP contribution in [0, 0.1) is 12.8 Å². The third-order valence-electron chi connectivity index (χ3n) is 3.77. The van der Waals surface area contributed by atoms with Gasteiger partial charge in [0, 0.05) is 19.7 Å². The molecule has 25 heavy (non-hydrogen) atoms. The van der Waals surface area contributed by atoms with E-state index in [1.807, 2.05) is 38.2 Å². The lowest BCUT2D eigenvalue weighted by atomic mass is 10.2. The first-order valence-electron chi connectivity index (χ1n) is 8.32. The summed E-state index contributed by atoms with van der Waals surface area (Å²) in [6.45, 7) is 7.14. The predicted octanol–water partition coefficient (Wildman–Crippen LogP) is 3.47. The van der Waals surface area contributed by atoms with Gasteiger partial charge in [-0.1, -0.05) is 37.7 Å². The van der Waals surface area contributed by atoms with Crippen LogP contribution in [0.1, 0.15) is 19.5 Å². The summed E-state index contributed by atoms with van der Waals surface area (Å²) in [5, 5.41) is 8.02. The molecule has 1 amide bonds. The highest BCUT2D eigenvalue weighted by Crippen LogP contribution is 2.25. The zero-order chi connectivity index (χ0) is 18.0. The van der Waals surface area contributed by atoms with Gasteiger partial charge in [-0.25, -0.2) is 4.98 Å². The number of para-hydroxylation sites is 2. The van der Waals surface area contributed by atoms with E-state index in [0.717, 1.165) is 28.4 Å². The number of anilines is 1. The lowest BCUT2D eigenvalue weighted by Crippen LogP contribution is -2.17. The average molecular weight is 357 g/mol. The monoisotopic (exact) mass is 357 g/mol. The number of rotatable bonds is 6. The molecule has 0 aliphatic heterocycles. The molecule has 3 aromatic rings. The summed E-state index contributed by atoms with van der Waals surface area (Å²) in [5.74, 6) is 1.46. The van der Waals surface area contributed by atoms with Crippen LogP contribution in [0.5, 0.6) is 0 Å². The first kappa shape index (κ1) is 17.5. The molecule has 0 saturated carbocycles. The Morgan fingerprint density at radius 3 is 2.76 bits per heavy atom. The molecular formula is C18H23N5OS. The molecule has 0 radical (unpaired) electrons. The fourth-order valence-electron chi connectivity index (χ4n) is 2.74. The van der Waals surface area contributed by atoms with Gasteiger partial charge in [0.1, 0.15) is 5.82 Å². The van der Waals surface area contributed by atoms with Crippen molar-refractivity contribution in [3.8, 4) is 0 Å². The van der Waals surface area contributed by atoms with Gasteiger partial charge in [0.25, 0.3) is 0 Å². The molecule has 2 heterocycles. The Kier molecular flexibility index (Phi) is 5.13. The number of aryl methyl sites for hydroxylation is 2. The number of thioether (sulfide) groups is 1. The van der Waals surface area contributed by atoms with Crippen molar-refractivity contribution in [3.05, 3.63) is 36.0 Å². The summed E-state index contributed by atoms with van der Waals surface area (Å²) in [6, 6.07) is 9.95. The fourth-order valence-corrected chi connectivity index (χ4v) is 3.57. The van der Waals surface area contributed by atoms with Crippen LogP contribution in [-0.2, 0) is 18.4 Å². The van der Waals surface area contributed by atoms with Crippen molar-refractivity contribution in [1.82, 2.24) is 19.3 Å². The van der Waals surface area contributed by atoms with E-state index in [2.05, 4.69) is 34.9 Å². The predicted molar refractivity (Wildman–Crippen MR) is 102 cm³/mol. The van der Waals surface area contributed by atoms with Gasteiger partial charge in [-0.05, 0) is 25.0 Å². The zero-order valence-corrected chi connectivity index (χ0v) is 15.8. The first-order valence-corrected chi connectivity index (χ1v) is 9.31. The third kappa shape index (κ3) is 4.04. The van der Waals surface area contributed by atoms with E-state index < -0.39 is 0 Å². The maximum Gasteiger partial charge on any atom is 0.235 e. The van der Waals surface area contributed by atoms with Crippen LogP contribution in [0.2, 0.25) is 0 Å². The van der Waals surface area contributed by atoms with Gasteiger partial charge in [-0.2, -0.15) is 5.10 Å². The largest absolute Gasteiger partial charge is 0.319 e. The smallest absolute Gasteiger partial charge is 0.235 e. The summed E-state index contributed by atoms with van der Waals surface area (Å²) >= 11 is 1.46. The zero-order valence-electron chi connectivity index (χ0n) is 15.0. The van der Waals surface area contributed by atoms with E-state index >= 15 is 0 Å². The molecule has 0 atom stereocenters. The molecule has 0 aliphatic rings. The summed E-state index contributed by atoms with van der Waals surface area (Å²) in [5.41, 5.74) is 2.96. The highest BCUT2D eigenvalue weighted by Gasteiger charge is 2.14. The second-order valence-corrected chi connectivity index (χ2v) is 7.46. The standard InChI is InChI=1S/C18H23N5OS/c1-12(2)10-23-15-8-6-5-7-14(15)19-18(23)25-11-17(24)20-16-9-13(3)21-22(16)4/h5-9,12H,10-11H2,1-4H3,(H,20,24). The Hall–Kier alpha value is -2.28. The van der Waals surface area contributed by atoms with E-state index in [-0.39, 0.29) is 5.91 Å². The van der Waals surface area contributed by atoms with Crippen LogP contribution in [-0.4, -0.2) is 31.0 Å². The van der Waals surface area contributed by atoms with Crippen molar-refractivity contribution in [2.24, 2.45) is 13.0 Å². The minimum absolute atomic E-state index is 0.0591. The molecule has 0 aliphatic carbocycles. The van der Waals surface area contributed by atoms with Crippen molar-refractivity contribution >= 4 is 34.5 Å². The second-order valence-electron chi connectivity index (χ2n) is 6.52. The van der Waals surface area contributed by atoms with Crippen LogP contribution in [0.15, 0.2) is 35.5 Å². The number of nitrogens with one attached hydrogen (secondary N) is 1. The van der Waals surface area contributed by atoms with Crippen molar-refractivity contribution < 1.29 is 4.79 Å². The van der Waals surface area contributed by atoms with Gasteiger partial charge in [0.05, 0.1) is 22.5 Å². The van der Waals surface area contributed by atoms with Gasteiger partial charge >= 0.3 is 0 Å². The molecule has 1 aromatic carbocycles. The van der Waals surface area contributed by atoms with E-state index in [1.165, 1.54) is 11.8 Å². The van der Waals surface area contributed by atoms with Gasteiger partial charge in [-0.3, -0.25) is 9.48 Å². The number of benzene rings is 1. The maximum atomic E-state index is 12.3. The molecule has 0 unspecified atom stereocenters. The molecule has 0 fully saturated rings. The number of hydrogen-bond donors (Lipinski definition) is 1. The molecule has 6 nitrogen and oxygen atoms in total. The van der Waals surface area contributed by atoms with E-state index in [1.54, 1.807) is 4.68 Å². The van der Waals surface area contributed by atoms with Gasteiger partial charge < -0.3 is 9.88 Å². The average Bonchev–Trinajstić information content (AvgIpc) is 3.05. The Bertz CT molecular complexity index is 896. The minimum atomic E-state index is -0.0591. The minimum Gasteiger partial charge on any atom is -0.319 e. The number of hydrogen-bond acceptors (Lipinski definition) is 4. The first-order chi connectivity index (χ1) is 11.9. The topological polar surface area (TPSA) is 64.7 Å². The Morgan fingerprint density at radius 1 is 1.32 bits per heavy atom. The van der Waals surface area contributed by atoms with Crippen LogP contribution >= 0.6 is 11.8 Å². The van der Waals surface area contributed by atoms with Crippen molar-refractivity contribution in [3.63, 3.8) is 0 Å². The summed E-state index contributed by atoms with van der Waals surface area (Å²) in [6.07, 6.45) is 0. The van der Waals surface area contributed by atoms with Gasteiger partial charge in [0.2, 0.25) is 5.91 Å². The van der Waals surface area contributed by atoms with E-state index in [4.69, 9.17) is 4.98 Å². The van der Waals surface area contributed by atoms with E-state index in [0.29, 0.717) is 17.5 Å². The molecule has 7 heteroatoms. The number of imidazole rings is 1. The second kappa shape index (κ2) is 7.31. The number of aromatic nitrogens is 4. The number of carbonyl (C=O) groups is 1. The van der Waals surface area contributed by atoms with Crippen LogP contribution in [0.3, 0.4) is 0 Å². The molecule has 1 N–H and O–H groups in total. The van der Waals surface area contributed by atoms with Crippen molar-refractivity contribution in [2.45, 2.75) is 32.5 Å². The Labute approximate surface area is 151 Å². The highest BCUT2D eigenvalue weighted by atomic mass is 32.2. The molecule has 2 aromatic heterocycles. The molecule has 0 saturated heterocycles. The summed E-state index contributed by atoms with van der Waals surface area (Å²) < 4.78 is 3.87. The molecule has 3 rings (SSSR count). The van der Waals surface area contributed by atoms with Crippen LogP contribution in [0.25, 0.3) is 11.0 Å². The maximum absolute atomic E-state index is 12.3. The summed E-state index contributed by atoms with van der Waals surface area (Å²) in [4.78, 5) is 17.0. The molecule has 0 bridgehead atoms. The van der Waals surface area contributed by atoms with Crippen molar-refractivity contribution in [2.75, 3.05) is 11.1 Å². The van der Waals surface area contributed by atoms with Gasteiger partial charge in [-0.15, -0.1) is 0 Å². The normalized spacial score (nSPS) is 11.4. The number of fused-ring (bicyclic) bond motifs is 1. The van der Waals surface area contributed by atoms with Crippen LogP contribution in [0.4, 0.5) is 5.82 Å². The van der Waals surface area contributed by atoms with Crippen LogP contribution < -0.4 is 5.32 Å². The molecular weight excluding hydrogens is 334 g/mol. The quantitative estimate of drug-likeness (QED) is 0.686. The lowest BCUT2D eigenvalue weighted by Gasteiger charge is -2.11. The highest BCUT2D eigenvalue weighted by molar-refractivity contribution is 7.99. The number of amides is 1. The molecule has 132 valence electrons. The lowest BCUT2D eigenvalue weighted by molar-refractivity contribution is -0.113.